The van der Waals surface area contributed by atoms with Crippen molar-refractivity contribution in [1.29, 1.82) is 0 Å². The molecule has 0 spiro atoms. The number of aromatic hydroxyl groups is 1. The fraction of sp³-hybridized carbons (Fsp3) is 0.211. The van der Waals surface area contributed by atoms with Gasteiger partial charge in [-0.3, -0.25) is 4.72 Å². The SMILES string of the molecule is CC(C)(C)c1nn(-c2ccccc2)cc1S(=O)(=O)Nc1cc(Cl)ccc1O. The third kappa shape index (κ3) is 4.09. The Morgan fingerprint density at radius 3 is 2.41 bits per heavy atom. The molecule has 0 radical (unpaired) electrons. The Bertz CT molecular complexity index is 1070. The zero-order valence-corrected chi connectivity index (χ0v) is 16.7. The molecule has 0 bridgehead atoms. The molecule has 142 valence electrons. The molecule has 0 unspecified atom stereocenters. The number of nitrogens with one attached hydrogen (secondary N) is 1. The van der Waals surface area contributed by atoms with E-state index in [1.165, 1.54) is 29.1 Å². The van der Waals surface area contributed by atoms with Crippen molar-refractivity contribution in [1.82, 2.24) is 9.78 Å². The van der Waals surface area contributed by atoms with Gasteiger partial charge in [0.25, 0.3) is 10.0 Å². The lowest BCUT2D eigenvalue weighted by atomic mass is 9.92. The van der Waals surface area contributed by atoms with E-state index in [9.17, 15) is 13.5 Å². The summed E-state index contributed by atoms with van der Waals surface area (Å²) in [6.45, 7) is 5.67. The van der Waals surface area contributed by atoms with Crippen molar-refractivity contribution in [2.24, 2.45) is 0 Å². The first kappa shape index (κ1) is 19.3. The second-order valence-corrected chi connectivity index (χ2v) is 9.23. The number of anilines is 1. The molecule has 2 aromatic carbocycles. The van der Waals surface area contributed by atoms with Gasteiger partial charge in [-0.2, -0.15) is 5.10 Å². The molecule has 8 heteroatoms. The molecule has 0 saturated heterocycles. The van der Waals surface area contributed by atoms with Gasteiger partial charge in [0.2, 0.25) is 0 Å². The van der Waals surface area contributed by atoms with Crippen molar-refractivity contribution in [3.63, 3.8) is 0 Å². The van der Waals surface area contributed by atoms with Crippen LogP contribution in [0.25, 0.3) is 5.69 Å². The number of hydrogen-bond donors (Lipinski definition) is 2. The van der Waals surface area contributed by atoms with E-state index in [4.69, 9.17) is 11.6 Å². The second-order valence-electron chi connectivity index (χ2n) is 7.14. The van der Waals surface area contributed by atoms with Gasteiger partial charge in [0.15, 0.2) is 0 Å². The molecule has 0 aliphatic rings. The van der Waals surface area contributed by atoms with E-state index in [0.29, 0.717) is 10.7 Å². The van der Waals surface area contributed by atoms with Gasteiger partial charge in [0.1, 0.15) is 10.6 Å². The maximum atomic E-state index is 13.1. The summed E-state index contributed by atoms with van der Waals surface area (Å²) in [5.74, 6) is -0.212. The Kier molecular flexibility index (Phi) is 4.92. The molecule has 1 heterocycles. The molecule has 0 aliphatic heterocycles. The molecule has 0 fully saturated rings. The van der Waals surface area contributed by atoms with Crippen molar-refractivity contribution in [3.05, 3.63) is 65.4 Å². The molecule has 0 saturated carbocycles. The van der Waals surface area contributed by atoms with Gasteiger partial charge in [-0.15, -0.1) is 0 Å². The fourth-order valence-corrected chi connectivity index (χ4v) is 4.15. The summed E-state index contributed by atoms with van der Waals surface area (Å²) in [5, 5.41) is 14.8. The van der Waals surface area contributed by atoms with Gasteiger partial charge < -0.3 is 5.11 Å². The summed E-state index contributed by atoms with van der Waals surface area (Å²) in [4.78, 5) is 0.0400. The van der Waals surface area contributed by atoms with Gasteiger partial charge in [-0.25, -0.2) is 13.1 Å². The first-order valence-electron chi connectivity index (χ1n) is 8.25. The van der Waals surface area contributed by atoms with Crippen LogP contribution in [0.5, 0.6) is 5.75 Å². The molecule has 0 amide bonds. The molecule has 27 heavy (non-hydrogen) atoms. The Balaban J connectivity index is 2.11. The maximum absolute atomic E-state index is 13.1. The van der Waals surface area contributed by atoms with E-state index in [-0.39, 0.29) is 16.3 Å². The highest BCUT2D eigenvalue weighted by atomic mass is 35.5. The number of nitrogens with zero attached hydrogens (tertiary/aromatic N) is 2. The summed E-state index contributed by atoms with van der Waals surface area (Å²) < 4.78 is 30.1. The summed E-state index contributed by atoms with van der Waals surface area (Å²) in [7, 11) is -4.01. The Morgan fingerprint density at radius 2 is 1.78 bits per heavy atom. The quantitative estimate of drug-likeness (QED) is 0.633. The highest BCUT2D eigenvalue weighted by Gasteiger charge is 2.30. The number of hydrogen-bond acceptors (Lipinski definition) is 4. The number of benzene rings is 2. The van der Waals surface area contributed by atoms with Crippen molar-refractivity contribution >= 4 is 27.3 Å². The predicted octanol–water partition coefficient (Wildman–Crippen LogP) is 4.33. The van der Waals surface area contributed by atoms with Gasteiger partial charge in [0, 0.05) is 10.4 Å². The van der Waals surface area contributed by atoms with Crippen LogP contribution in [0.2, 0.25) is 5.02 Å². The first-order valence-corrected chi connectivity index (χ1v) is 10.1. The predicted molar refractivity (Wildman–Crippen MR) is 106 cm³/mol. The van der Waals surface area contributed by atoms with E-state index in [1.807, 2.05) is 51.1 Å². The first-order chi connectivity index (χ1) is 12.6. The number of halogens is 1. The zero-order chi connectivity index (χ0) is 19.8. The van der Waals surface area contributed by atoms with E-state index in [0.717, 1.165) is 5.69 Å². The molecule has 3 aromatic rings. The molecular formula is C19H20ClN3O3S. The van der Waals surface area contributed by atoms with Crippen LogP contribution < -0.4 is 4.72 Å². The minimum Gasteiger partial charge on any atom is -0.506 e. The molecule has 6 nitrogen and oxygen atoms in total. The number of sulfonamides is 1. The minimum absolute atomic E-state index is 0.00909. The summed E-state index contributed by atoms with van der Waals surface area (Å²) >= 11 is 5.92. The van der Waals surface area contributed by atoms with Gasteiger partial charge in [-0.1, -0.05) is 50.6 Å². The molecule has 3 rings (SSSR count). The zero-order valence-electron chi connectivity index (χ0n) is 15.1. The van der Waals surface area contributed by atoms with Crippen molar-refractivity contribution in [2.45, 2.75) is 31.1 Å². The van der Waals surface area contributed by atoms with Crippen molar-refractivity contribution in [3.8, 4) is 11.4 Å². The molecule has 0 atom stereocenters. The van der Waals surface area contributed by atoms with Gasteiger partial charge in [-0.05, 0) is 30.3 Å². The van der Waals surface area contributed by atoms with Gasteiger partial charge >= 0.3 is 0 Å². The molecular weight excluding hydrogens is 386 g/mol. The summed E-state index contributed by atoms with van der Waals surface area (Å²) in [6, 6.07) is 13.4. The number of para-hydroxylation sites is 1. The van der Waals surface area contributed by atoms with Crippen LogP contribution in [-0.4, -0.2) is 23.3 Å². The van der Waals surface area contributed by atoms with Crippen LogP contribution >= 0.6 is 11.6 Å². The van der Waals surface area contributed by atoms with E-state index >= 15 is 0 Å². The molecule has 2 N–H and O–H groups in total. The Labute approximate surface area is 163 Å². The van der Waals surface area contributed by atoms with Crippen molar-refractivity contribution in [2.75, 3.05) is 4.72 Å². The second kappa shape index (κ2) is 6.90. The highest BCUT2D eigenvalue weighted by molar-refractivity contribution is 7.92. The topological polar surface area (TPSA) is 84.2 Å². The molecule has 1 aromatic heterocycles. The van der Waals surface area contributed by atoms with Crippen LogP contribution in [0.1, 0.15) is 26.5 Å². The van der Waals surface area contributed by atoms with E-state index < -0.39 is 15.4 Å². The third-order valence-electron chi connectivity index (χ3n) is 3.90. The Hall–Kier alpha value is -2.51. The lowest BCUT2D eigenvalue weighted by Crippen LogP contribution is -2.20. The largest absolute Gasteiger partial charge is 0.506 e. The maximum Gasteiger partial charge on any atom is 0.265 e. The summed E-state index contributed by atoms with van der Waals surface area (Å²) in [6.07, 6.45) is 1.47. The number of aromatic nitrogens is 2. The van der Waals surface area contributed by atoms with E-state index in [2.05, 4.69) is 9.82 Å². The summed E-state index contributed by atoms with van der Waals surface area (Å²) in [5.41, 5.74) is 0.658. The van der Waals surface area contributed by atoms with E-state index in [1.54, 1.807) is 0 Å². The average molecular weight is 406 g/mol. The third-order valence-corrected chi connectivity index (χ3v) is 5.51. The van der Waals surface area contributed by atoms with Gasteiger partial charge in [0.05, 0.1) is 23.3 Å². The van der Waals surface area contributed by atoms with Crippen LogP contribution in [-0.2, 0) is 15.4 Å². The number of phenols is 1. The fourth-order valence-electron chi connectivity index (χ4n) is 2.58. The number of rotatable bonds is 4. The standard InChI is InChI=1S/C19H20ClN3O3S/c1-19(2,3)18-17(12-23(21-18)14-7-5-4-6-8-14)27(25,26)22-15-11-13(20)9-10-16(15)24/h4-12,22,24H,1-3H3. The molecule has 0 aliphatic carbocycles. The Morgan fingerprint density at radius 1 is 1.11 bits per heavy atom. The highest BCUT2D eigenvalue weighted by Crippen LogP contribution is 2.33. The smallest absolute Gasteiger partial charge is 0.265 e. The number of phenolic OH excluding ortho intramolecular Hbond substituents is 1. The van der Waals surface area contributed by atoms with Crippen LogP contribution in [0, 0.1) is 0 Å². The minimum atomic E-state index is -4.01. The lowest BCUT2D eigenvalue weighted by Gasteiger charge is -2.18. The lowest BCUT2D eigenvalue weighted by molar-refractivity contribution is 0.477. The van der Waals surface area contributed by atoms with Crippen LogP contribution in [0.4, 0.5) is 5.69 Å². The average Bonchev–Trinajstić information content (AvgIpc) is 3.05. The van der Waals surface area contributed by atoms with Crippen LogP contribution in [0.3, 0.4) is 0 Å². The normalized spacial score (nSPS) is 12.1. The monoisotopic (exact) mass is 405 g/mol. The van der Waals surface area contributed by atoms with Crippen molar-refractivity contribution < 1.29 is 13.5 Å². The van der Waals surface area contributed by atoms with Crippen LogP contribution in [0.15, 0.2) is 59.6 Å².